The molecule has 1 saturated carbocycles. The number of piperidine rings is 1. The zero-order valence-corrected chi connectivity index (χ0v) is 17.0. The van der Waals surface area contributed by atoms with Crippen molar-refractivity contribution in [3.8, 4) is 5.75 Å². The molecule has 0 unspecified atom stereocenters. The van der Waals surface area contributed by atoms with Gasteiger partial charge in [0.1, 0.15) is 5.75 Å². The molecule has 0 spiro atoms. The molecule has 2 aliphatic rings. The van der Waals surface area contributed by atoms with Crippen molar-refractivity contribution in [3.63, 3.8) is 0 Å². The van der Waals surface area contributed by atoms with E-state index in [4.69, 9.17) is 9.26 Å². The summed E-state index contributed by atoms with van der Waals surface area (Å²) in [5.41, 5.74) is 3.50. The van der Waals surface area contributed by atoms with E-state index in [2.05, 4.69) is 48.5 Å². The van der Waals surface area contributed by atoms with Crippen molar-refractivity contribution in [1.82, 2.24) is 15.4 Å². The van der Waals surface area contributed by atoms with E-state index >= 15 is 0 Å². The van der Waals surface area contributed by atoms with Crippen LogP contribution in [0.3, 0.4) is 0 Å². The maximum Gasteiger partial charge on any atom is 0.175 e. The highest BCUT2D eigenvalue weighted by atomic mass is 16.5. The van der Waals surface area contributed by atoms with E-state index in [1.54, 1.807) is 0 Å². The number of ether oxygens (including phenoxy) is 1. The predicted molar refractivity (Wildman–Crippen MR) is 108 cm³/mol. The zero-order chi connectivity index (χ0) is 18.9. The van der Waals surface area contributed by atoms with Gasteiger partial charge in [-0.2, -0.15) is 0 Å². The highest BCUT2D eigenvalue weighted by Crippen LogP contribution is 2.45. The first-order valence-electron chi connectivity index (χ1n) is 10.4. The number of benzene rings is 1. The lowest BCUT2D eigenvalue weighted by molar-refractivity contribution is 0.242. The lowest BCUT2D eigenvalue weighted by atomic mass is 9.92. The normalized spacial score (nSPS) is 19.7. The van der Waals surface area contributed by atoms with Crippen molar-refractivity contribution in [3.05, 3.63) is 23.4 Å². The molecule has 0 amide bonds. The molecule has 5 nitrogen and oxygen atoms in total. The molecule has 1 aliphatic heterocycles. The van der Waals surface area contributed by atoms with Crippen LogP contribution in [0, 0.1) is 11.3 Å². The van der Waals surface area contributed by atoms with Crippen LogP contribution in [0.15, 0.2) is 16.7 Å². The smallest absolute Gasteiger partial charge is 0.175 e. The van der Waals surface area contributed by atoms with Crippen molar-refractivity contribution in [2.24, 2.45) is 11.3 Å². The van der Waals surface area contributed by atoms with Gasteiger partial charge in [-0.25, -0.2) is 0 Å². The summed E-state index contributed by atoms with van der Waals surface area (Å²) in [7, 11) is 4.17. The Labute approximate surface area is 162 Å². The lowest BCUT2D eigenvalue weighted by Crippen LogP contribution is -2.27. The fourth-order valence-electron chi connectivity index (χ4n) is 3.99. The maximum atomic E-state index is 6.22. The van der Waals surface area contributed by atoms with E-state index < -0.39 is 0 Å². The summed E-state index contributed by atoms with van der Waals surface area (Å²) in [5.74, 6) is 1.76. The van der Waals surface area contributed by atoms with E-state index in [0.29, 0.717) is 5.41 Å². The van der Waals surface area contributed by atoms with Gasteiger partial charge in [0.2, 0.25) is 0 Å². The van der Waals surface area contributed by atoms with Crippen molar-refractivity contribution < 1.29 is 9.26 Å². The van der Waals surface area contributed by atoms with E-state index in [-0.39, 0.29) is 0 Å². The summed E-state index contributed by atoms with van der Waals surface area (Å²) < 4.78 is 12.1. The van der Waals surface area contributed by atoms with Crippen LogP contribution in [-0.2, 0) is 13.0 Å². The van der Waals surface area contributed by atoms with E-state index in [0.717, 1.165) is 66.6 Å². The molecule has 1 saturated heterocycles. The van der Waals surface area contributed by atoms with Crippen LogP contribution in [0.5, 0.6) is 5.75 Å². The van der Waals surface area contributed by atoms with Crippen LogP contribution in [0.4, 0.5) is 0 Å². The lowest BCUT2D eigenvalue weighted by Gasteiger charge is -2.21. The highest BCUT2D eigenvalue weighted by molar-refractivity contribution is 5.84. The Morgan fingerprint density at radius 1 is 1.26 bits per heavy atom. The first-order chi connectivity index (χ1) is 13.0. The molecule has 1 aliphatic carbocycles. The molecule has 148 valence electrons. The molecule has 5 heteroatoms. The van der Waals surface area contributed by atoms with Gasteiger partial charge in [0.15, 0.2) is 5.58 Å². The maximum absolute atomic E-state index is 6.22. The van der Waals surface area contributed by atoms with E-state index in [1.165, 1.54) is 32.1 Å². The molecule has 1 aromatic heterocycles. The quantitative estimate of drug-likeness (QED) is 0.760. The number of aromatic nitrogens is 1. The summed E-state index contributed by atoms with van der Waals surface area (Å²) in [6.07, 6.45) is 7.28. The van der Waals surface area contributed by atoms with Crippen LogP contribution in [-0.4, -0.2) is 43.8 Å². The van der Waals surface area contributed by atoms with Crippen LogP contribution >= 0.6 is 0 Å². The van der Waals surface area contributed by atoms with Gasteiger partial charge in [-0.05, 0) is 83.8 Å². The third-order valence-corrected chi connectivity index (χ3v) is 6.18. The Morgan fingerprint density at radius 2 is 2.04 bits per heavy atom. The summed E-state index contributed by atoms with van der Waals surface area (Å²) in [5, 5.41) is 9.05. The Bertz CT molecular complexity index is 773. The SMILES string of the molecule is CN(C)Cc1c(OCC2(C)CC2)ccc2c(CCC3CCNCC3)noc12. The average Bonchev–Trinajstić information content (AvgIpc) is 3.25. The minimum atomic E-state index is 0.367. The number of rotatable bonds is 8. The molecular weight excluding hydrogens is 338 g/mol. The van der Waals surface area contributed by atoms with Gasteiger partial charge >= 0.3 is 0 Å². The number of aryl methyl sites for hydroxylation is 1. The fourth-order valence-corrected chi connectivity index (χ4v) is 3.99. The molecule has 2 fully saturated rings. The largest absolute Gasteiger partial charge is 0.493 e. The van der Waals surface area contributed by atoms with Crippen LogP contribution < -0.4 is 10.1 Å². The summed E-state index contributed by atoms with van der Waals surface area (Å²) in [6.45, 7) is 6.18. The Morgan fingerprint density at radius 3 is 2.74 bits per heavy atom. The first-order valence-corrected chi connectivity index (χ1v) is 10.4. The molecule has 2 aromatic rings. The first kappa shape index (κ1) is 18.8. The van der Waals surface area contributed by atoms with Crippen molar-refractivity contribution in [2.75, 3.05) is 33.8 Å². The Hall–Kier alpha value is -1.59. The molecule has 4 rings (SSSR count). The van der Waals surface area contributed by atoms with Gasteiger partial charge < -0.3 is 19.5 Å². The van der Waals surface area contributed by atoms with Crippen LogP contribution in [0.25, 0.3) is 11.0 Å². The monoisotopic (exact) mass is 371 g/mol. The second-order valence-electron chi connectivity index (χ2n) is 9.12. The number of nitrogens with zero attached hydrogens (tertiary/aromatic N) is 2. The van der Waals surface area contributed by atoms with Crippen molar-refractivity contribution >= 4 is 11.0 Å². The molecule has 0 radical (unpaired) electrons. The highest BCUT2D eigenvalue weighted by Gasteiger charge is 2.38. The van der Waals surface area contributed by atoms with Gasteiger partial charge in [-0.1, -0.05) is 12.1 Å². The molecule has 27 heavy (non-hydrogen) atoms. The molecule has 0 atom stereocenters. The number of hydrogen-bond donors (Lipinski definition) is 1. The number of nitrogens with one attached hydrogen (secondary N) is 1. The molecular formula is C22H33N3O2. The average molecular weight is 372 g/mol. The van der Waals surface area contributed by atoms with Crippen molar-refractivity contribution in [2.45, 2.75) is 52.0 Å². The topological polar surface area (TPSA) is 50.5 Å². The van der Waals surface area contributed by atoms with Crippen molar-refractivity contribution in [1.29, 1.82) is 0 Å². The van der Waals surface area contributed by atoms with Gasteiger partial charge in [-0.3, -0.25) is 0 Å². The molecule has 0 bridgehead atoms. The summed E-state index contributed by atoms with van der Waals surface area (Å²) in [6, 6.07) is 4.27. The second-order valence-corrected chi connectivity index (χ2v) is 9.12. The third kappa shape index (κ3) is 4.46. The standard InChI is InChI=1S/C22H33N3O2/c1-22(10-11-22)15-26-20-7-5-17-19(6-4-16-8-12-23-13-9-16)24-27-21(17)18(20)14-25(2)3/h5,7,16,23H,4,6,8-15H2,1-3H3. The molecule has 2 heterocycles. The van der Waals surface area contributed by atoms with E-state index in [9.17, 15) is 0 Å². The second kappa shape index (κ2) is 7.80. The summed E-state index contributed by atoms with van der Waals surface area (Å²) in [4.78, 5) is 2.16. The summed E-state index contributed by atoms with van der Waals surface area (Å²) >= 11 is 0. The van der Waals surface area contributed by atoms with Gasteiger partial charge in [0.25, 0.3) is 0 Å². The fraction of sp³-hybridized carbons (Fsp3) is 0.682. The molecule has 1 N–H and O–H groups in total. The Kier molecular flexibility index (Phi) is 5.42. The Balaban J connectivity index is 1.54. The third-order valence-electron chi connectivity index (χ3n) is 6.18. The minimum Gasteiger partial charge on any atom is -0.493 e. The van der Waals surface area contributed by atoms with Gasteiger partial charge in [-0.15, -0.1) is 0 Å². The van der Waals surface area contributed by atoms with Crippen LogP contribution in [0.1, 0.15) is 50.3 Å². The molecule has 1 aromatic carbocycles. The van der Waals surface area contributed by atoms with Crippen LogP contribution in [0.2, 0.25) is 0 Å². The number of hydrogen-bond acceptors (Lipinski definition) is 5. The van der Waals surface area contributed by atoms with E-state index in [1.807, 2.05) is 0 Å². The number of fused-ring (bicyclic) bond motifs is 1. The predicted octanol–water partition coefficient (Wildman–Crippen LogP) is 4.00. The van der Waals surface area contributed by atoms with Gasteiger partial charge in [0, 0.05) is 17.3 Å². The zero-order valence-electron chi connectivity index (χ0n) is 17.0. The van der Waals surface area contributed by atoms with Gasteiger partial charge in [0.05, 0.1) is 17.9 Å². The minimum absolute atomic E-state index is 0.367.